The van der Waals surface area contributed by atoms with Crippen molar-refractivity contribution in [2.45, 2.75) is 37.5 Å². The topological polar surface area (TPSA) is 57.7 Å². The molecule has 23 heavy (non-hydrogen) atoms. The predicted octanol–water partition coefficient (Wildman–Crippen LogP) is 2.02. The van der Waals surface area contributed by atoms with Crippen molar-refractivity contribution >= 4 is 15.9 Å². The fourth-order valence-corrected chi connectivity index (χ4v) is 4.87. The maximum absolute atomic E-state index is 12.7. The third-order valence-corrected chi connectivity index (χ3v) is 6.79. The summed E-state index contributed by atoms with van der Waals surface area (Å²) in [6.07, 6.45) is 3.43. The standard InChI is InChI=1S/C17H24N2O3S/c1-14-4-6-16(7-5-14)23(21,22)19-12-8-15(9-13-19)17(20)18-10-2-3-11-18/h4-7,15H,2-3,8-13H2,1H3. The van der Waals surface area contributed by atoms with E-state index < -0.39 is 10.0 Å². The molecule has 6 heteroatoms. The molecule has 3 rings (SSSR count). The number of amides is 1. The molecule has 0 aliphatic carbocycles. The first kappa shape index (κ1) is 16.5. The summed E-state index contributed by atoms with van der Waals surface area (Å²) in [5.74, 6) is 0.201. The Bertz CT molecular complexity index is 656. The predicted molar refractivity (Wildman–Crippen MR) is 88.5 cm³/mol. The second-order valence-corrected chi connectivity index (χ2v) is 8.46. The second-order valence-electron chi connectivity index (χ2n) is 6.52. The summed E-state index contributed by atoms with van der Waals surface area (Å²) in [5.41, 5.74) is 1.04. The van der Waals surface area contributed by atoms with Gasteiger partial charge in [-0.1, -0.05) is 17.7 Å². The largest absolute Gasteiger partial charge is 0.342 e. The highest BCUT2D eigenvalue weighted by Gasteiger charge is 2.34. The number of nitrogens with zero attached hydrogens (tertiary/aromatic N) is 2. The number of piperidine rings is 1. The minimum atomic E-state index is -3.44. The van der Waals surface area contributed by atoms with Crippen LogP contribution < -0.4 is 0 Å². The third kappa shape index (κ3) is 3.43. The lowest BCUT2D eigenvalue weighted by Gasteiger charge is -2.32. The van der Waals surface area contributed by atoms with E-state index in [1.807, 2.05) is 24.0 Å². The number of carbonyl (C=O) groups excluding carboxylic acids is 1. The van der Waals surface area contributed by atoms with Gasteiger partial charge in [0, 0.05) is 32.1 Å². The van der Waals surface area contributed by atoms with Gasteiger partial charge >= 0.3 is 0 Å². The second kappa shape index (κ2) is 6.61. The van der Waals surface area contributed by atoms with Gasteiger partial charge in [-0.2, -0.15) is 4.31 Å². The van der Waals surface area contributed by atoms with Gasteiger partial charge in [0.05, 0.1) is 4.90 Å². The van der Waals surface area contributed by atoms with E-state index in [-0.39, 0.29) is 11.8 Å². The molecule has 0 bridgehead atoms. The molecule has 2 saturated heterocycles. The molecule has 2 fully saturated rings. The van der Waals surface area contributed by atoms with Crippen LogP contribution in [-0.4, -0.2) is 49.7 Å². The molecule has 0 radical (unpaired) electrons. The Kier molecular flexibility index (Phi) is 4.73. The molecule has 1 amide bonds. The molecule has 0 aromatic heterocycles. The molecule has 0 spiro atoms. The SMILES string of the molecule is Cc1ccc(S(=O)(=O)N2CCC(C(=O)N3CCCC3)CC2)cc1. The van der Waals surface area contributed by atoms with Gasteiger partial charge in [-0.25, -0.2) is 8.42 Å². The fourth-order valence-electron chi connectivity index (χ4n) is 3.40. The van der Waals surface area contributed by atoms with Gasteiger partial charge in [-0.15, -0.1) is 0 Å². The summed E-state index contributed by atoms with van der Waals surface area (Å²) < 4.78 is 26.8. The maximum atomic E-state index is 12.7. The van der Waals surface area contributed by atoms with Crippen LogP contribution in [0.2, 0.25) is 0 Å². The van der Waals surface area contributed by atoms with E-state index in [0.717, 1.165) is 31.5 Å². The lowest BCUT2D eigenvalue weighted by Crippen LogP contribution is -2.43. The normalized spacial score (nSPS) is 20.8. The van der Waals surface area contributed by atoms with Crippen molar-refractivity contribution in [3.05, 3.63) is 29.8 Å². The van der Waals surface area contributed by atoms with Crippen LogP contribution in [0.5, 0.6) is 0 Å². The molecule has 0 N–H and O–H groups in total. The Labute approximate surface area is 138 Å². The minimum Gasteiger partial charge on any atom is -0.342 e. The first-order valence-electron chi connectivity index (χ1n) is 8.34. The molecule has 2 heterocycles. The van der Waals surface area contributed by atoms with E-state index in [1.54, 1.807) is 12.1 Å². The van der Waals surface area contributed by atoms with Crippen LogP contribution in [0.3, 0.4) is 0 Å². The third-order valence-electron chi connectivity index (χ3n) is 4.88. The summed E-state index contributed by atoms with van der Waals surface area (Å²) in [6, 6.07) is 6.95. The summed E-state index contributed by atoms with van der Waals surface area (Å²) >= 11 is 0. The van der Waals surface area contributed by atoms with Gasteiger partial charge in [-0.05, 0) is 44.7 Å². The van der Waals surface area contributed by atoms with Crippen molar-refractivity contribution in [1.82, 2.24) is 9.21 Å². The van der Waals surface area contributed by atoms with E-state index in [4.69, 9.17) is 0 Å². The van der Waals surface area contributed by atoms with E-state index in [1.165, 1.54) is 4.31 Å². The van der Waals surface area contributed by atoms with E-state index in [2.05, 4.69) is 0 Å². The van der Waals surface area contributed by atoms with Gasteiger partial charge < -0.3 is 4.90 Å². The van der Waals surface area contributed by atoms with Crippen molar-refractivity contribution in [3.63, 3.8) is 0 Å². The Hall–Kier alpha value is -1.40. The average Bonchev–Trinajstić information content (AvgIpc) is 3.09. The van der Waals surface area contributed by atoms with Crippen molar-refractivity contribution in [2.75, 3.05) is 26.2 Å². The highest BCUT2D eigenvalue weighted by Crippen LogP contribution is 2.26. The molecular formula is C17H24N2O3S. The highest BCUT2D eigenvalue weighted by atomic mass is 32.2. The van der Waals surface area contributed by atoms with E-state index in [9.17, 15) is 13.2 Å². The van der Waals surface area contributed by atoms with Gasteiger partial charge in [0.15, 0.2) is 0 Å². The monoisotopic (exact) mass is 336 g/mol. The summed E-state index contributed by atoms with van der Waals surface area (Å²) in [4.78, 5) is 14.7. The number of hydrogen-bond donors (Lipinski definition) is 0. The van der Waals surface area contributed by atoms with E-state index >= 15 is 0 Å². The molecule has 2 aliphatic rings. The Morgan fingerprint density at radius 3 is 2.13 bits per heavy atom. The first-order valence-corrected chi connectivity index (χ1v) is 9.78. The van der Waals surface area contributed by atoms with Crippen LogP contribution in [0.25, 0.3) is 0 Å². The Morgan fingerprint density at radius 2 is 1.57 bits per heavy atom. The molecule has 0 atom stereocenters. The van der Waals surface area contributed by atoms with Crippen LogP contribution >= 0.6 is 0 Å². The van der Waals surface area contributed by atoms with Crippen molar-refractivity contribution in [1.29, 1.82) is 0 Å². The summed E-state index contributed by atoms with van der Waals surface area (Å²) in [7, 11) is -3.44. The van der Waals surface area contributed by atoms with Crippen LogP contribution in [0.4, 0.5) is 0 Å². The van der Waals surface area contributed by atoms with Crippen LogP contribution in [-0.2, 0) is 14.8 Å². The highest BCUT2D eigenvalue weighted by molar-refractivity contribution is 7.89. The van der Waals surface area contributed by atoms with Crippen LogP contribution in [0, 0.1) is 12.8 Å². The van der Waals surface area contributed by atoms with Gasteiger partial charge in [0.2, 0.25) is 15.9 Å². The van der Waals surface area contributed by atoms with Gasteiger partial charge in [-0.3, -0.25) is 4.79 Å². The molecule has 126 valence electrons. The average molecular weight is 336 g/mol. The van der Waals surface area contributed by atoms with Crippen LogP contribution in [0.15, 0.2) is 29.2 Å². The molecule has 1 aromatic rings. The van der Waals surface area contributed by atoms with Crippen molar-refractivity contribution in [2.24, 2.45) is 5.92 Å². The molecule has 0 unspecified atom stereocenters. The maximum Gasteiger partial charge on any atom is 0.243 e. The van der Waals surface area contributed by atoms with Crippen molar-refractivity contribution < 1.29 is 13.2 Å². The van der Waals surface area contributed by atoms with E-state index in [0.29, 0.717) is 30.8 Å². The zero-order valence-electron chi connectivity index (χ0n) is 13.6. The number of carbonyl (C=O) groups is 1. The molecule has 0 saturated carbocycles. The summed E-state index contributed by atoms with van der Waals surface area (Å²) in [6.45, 7) is 4.52. The number of aryl methyl sites for hydroxylation is 1. The Morgan fingerprint density at radius 1 is 1.00 bits per heavy atom. The smallest absolute Gasteiger partial charge is 0.243 e. The minimum absolute atomic E-state index is 0.0161. The molecule has 2 aliphatic heterocycles. The lowest BCUT2D eigenvalue weighted by atomic mass is 9.97. The number of benzene rings is 1. The summed E-state index contributed by atoms with van der Waals surface area (Å²) in [5, 5.41) is 0. The zero-order valence-corrected chi connectivity index (χ0v) is 14.4. The van der Waals surface area contributed by atoms with Gasteiger partial charge in [0.25, 0.3) is 0 Å². The van der Waals surface area contributed by atoms with Gasteiger partial charge in [0.1, 0.15) is 0 Å². The van der Waals surface area contributed by atoms with Crippen LogP contribution in [0.1, 0.15) is 31.2 Å². The number of sulfonamides is 1. The quantitative estimate of drug-likeness (QED) is 0.848. The molecular weight excluding hydrogens is 312 g/mol. The number of likely N-dealkylation sites (tertiary alicyclic amines) is 1. The number of rotatable bonds is 3. The zero-order chi connectivity index (χ0) is 16.4. The fraction of sp³-hybridized carbons (Fsp3) is 0.588. The first-order chi connectivity index (χ1) is 11.0. The molecule has 5 nitrogen and oxygen atoms in total. The molecule has 1 aromatic carbocycles. The number of hydrogen-bond acceptors (Lipinski definition) is 3. The Balaban J connectivity index is 1.64. The lowest BCUT2D eigenvalue weighted by molar-refractivity contribution is -0.135. The van der Waals surface area contributed by atoms with Crippen molar-refractivity contribution in [3.8, 4) is 0 Å².